The summed E-state index contributed by atoms with van der Waals surface area (Å²) in [4.78, 5) is 2.13. The van der Waals surface area contributed by atoms with Crippen molar-refractivity contribution in [1.82, 2.24) is 4.90 Å². The number of aliphatic hydroxyl groups is 1. The molecule has 3 nitrogen and oxygen atoms in total. The maximum Gasteiger partial charge on any atom is 0.127 e. The SMILES string of the molecule is CN1CC[C@@H](Oc2cccc3ccccc23)[C@@H](O)C1. The molecule has 0 amide bonds. The summed E-state index contributed by atoms with van der Waals surface area (Å²) in [6.45, 7) is 1.64. The molecule has 1 saturated heterocycles. The Hall–Kier alpha value is -1.58. The fourth-order valence-corrected chi connectivity index (χ4v) is 2.67. The van der Waals surface area contributed by atoms with Gasteiger partial charge < -0.3 is 14.7 Å². The van der Waals surface area contributed by atoms with Gasteiger partial charge in [-0.2, -0.15) is 0 Å². The van der Waals surface area contributed by atoms with Crippen LogP contribution >= 0.6 is 0 Å². The summed E-state index contributed by atoms with van der Waals surface area (Å²) in [6.07, 6.45) is 0.334. The van der Waals surface area contributed by atoms with Crippen molar-refractivity contribution in [2.24, 2.45) is 0 Å². The van der Waals surface area contributed by atoms with Crippen LogP contribution in [-0.2, 0) is 0 Å². The molecule has 0 bridgehead atoms. The number of ether oxygens (including phenoxy) is 1. The minimum absolute atomic E-state index is 0.109. The van der Waals surface area contributed by atoms with Crippen molar-refractivity contribution in [2.45, 2.75) is 18.6 Å². The average molecular weight is 257 g/mol. The smallest absolute Gasteiger partial charge is 0.127 e. The van der Waals surface area contributed by atoms with Crippen LogP contribution in [0.25, 0.3) is 10.8 Å². The van der Waals surface area contributed by atoms with Crippen LogP contribution in [0, 0.1) is 0 Å². The molecule has 0 saturated carbocycles. The van der Waals surface area contributed by atoms with Crippen molar-refractivity contribution < 1.29 is 9.84 Å². The van der Waals surface area contributed by atoms with Crippen LogP contribution < -0.4 is 4.74 Å². The van der Waals surface area contributed by atoms with Crippen molar-refractivity contribution in [2.75, 3.05) is 20.1 Å². The molecule has 0 radical (unpaired) electrons. The van der Waals surface area contributed by atoms with Crippen molar-refractivity contribution >= 4 is 10.8 Å². The standard InChI is InChI=1S/C16H19NO2/c1-17-10-9-16(14(18)11-17)19-15-8-4-6-12-5-2-3-7-13(12)15/h2-8,14,16,18H,9-11H2,1H3/t14-,16+/m0/s1. The van der Waals surface area contributed by atoms with Gasteiger partial charge in [-0.1, -0.05) is 36.4 Å². The first-order valence-corrected chi connectivity index (χ1v) is 6.75. The van der Waals surface area contributed by atoms with Crippen LogP contribution in [0.2, 0.25) is 0 Å². The monoisotopic (exact) mass is 257 g/mol. The number of hydrogen-bond donors (Lipinski definition) is 1. The van der Waals surface area contributed by atoms with Crippen LogP contribution in [0.1, 0.15) is 6.42 Å². The highest BCUT2D eigenvalue weighted by molar-refractivity contribution is 5.88. The first-order chi connectivity index (χ1) is 9.24. The lowest BCUT2D eigenvalue weighted by Crippen LogP contribution is -2.47. The van der Waals surface area contributed by atoms with E-state index in [4.69, 9.17) is 4.74 Å². The second kappa shape index (κ2) is 5.19. The van der Waals surface area contributed by atoms with Crippen LogP contribution in [0.3, 0.4) is 0 Å². The molecule has 3 rings (SSSR count). The molecule has 1 aliphatic heterocycles. The van der Waals surface area contributed by atoms with Gasteiger partial charge in [0.05, 0.1) is 0 Å². The minimum atomic E-state index is -0.419. The molecule has 1 N–H and O–H groups in total. The normalized spacial score (nSPS) is 24.5. The number of likely N-dealkylation sites (tertiary alicyclic amines) is 1. The molecular weight excluding hydrogens is 238 g/mol. The van der Waals surface area contributed by atoms with E-state index in [-0.39, 0.29) is 6.10 Å². The fourth-order valence-electron chi connectivity index (χ4n) is 2.67. The third kappa shape index (κ3) is 2.57. The van der Waals surface area contributed by atoms with E-state index in [0.717, 1.165) is 24.1 Å². The van der Waals surface area contributed by atoms with Crippen molar-refractivity contribution in [3.05, 3.63) is 42.5 Å². The van der Waals surface area contributed by atoms with Gasteiger partial charge in [0, 0.05) is 18.5 Å². The summed E-state index contributed by atoms with van der Waals surface area (Å²) < 4.78 is 6.05. The lowest BCUT2D eigenvalue weighted by atomic mass is 10.0. The molecule has 1 fully saturated rings. The molecule has 19 heavy (non-hydrogen) atoms. The Morgan fingerprint density at radius 3 is 2.79 bits per heavy atom. The number of fused-ring (bicyclic) bond motifs is 1. The maximum atomic E-state index is 10.1. The van der Waals surface area contributed by atoms with E-state index in [1.54, 1.807) is 0 Å². The van der Waals surface area contributed by atoms with Gasteiger partial charge >= 0.3 is 0 Å². The van der Waals surface area contributed by atoms with Gasteiger partial charge in [-0.25, -0.2) is 0 Å². The molecule has 0 spiro atoms. The largest absolute Gasteiger partial charge is 0.487 e. The van der Waals surface area contributed by atoms with Crippen molar-refractivity contribution in [3.8, 4) is 5.75 Å². The summed E-state index contributed by atoms with van der Waals surface area (Å²) in [5.74, 6) is 0.867. The molecule has 3 heteroatoms. The van der Waals surface area contributed by atoms with Crippen LogP contribution in [0.15, 0.2) is 42.5 Å². The molecule has 0 aliphatic carbocycles. The molecule has 0 aromatic heterocycles. The zero-order valence-corrected chi connectivity index (χ0v) is 11.1. The predicted molar refractivity (Wildman–Crippen MR) is 76.5 cm³/mol. The Kier molecular flexibility index (Phi) is 3.40. The minimum Gasteiger partial charge on any atom is -0.487 e. The van der Waals surface area contributed by atoms with Crippen molar-refractivity contribution in [1.29, 1.82) is 0 Å². The lowest BCUT2D eigenvalue weighted by molar-refractivity contribution is -0.0175. The van der Waals surface area contributed by atoms with Gasteiger partial charge in [0.2, 0.25) is 0 Å². The summed E-state index contributed by atoms with van der Waals surface area (Å²) in [6, 6.07) is 14.2. The number of rotatable bonds is 2. The molecule has 0 unspecified atom stereocenters. The maximum absolute atomic E-state index is 10.1. The Labute approximate surface area is 113 Å². The van der Waals surface area contributed by atoms with E-state index in [1.165, 1.54) is 5.39 Å². The summed E-state index contributed by atoms with van der Waals surface area (Å²) in [7, 11) is 2.03. The van der Waals surface area contributed by atoms with Gasteiger partial charge in [0.1, 0.15) is 18.0 Å². The van der Waals surface area contributed by atoms with Gasteiger partial charge in [-0.3, -0.25) is 0 Å². The highest BCUT2D eigenvalue weighted by Gasteiger charge is 2.27. The van der Waals surface area contributed by atoms with E-state index in [1.807, 2.05) is 31.3 Å². The number of piperidine rings is 1. The number of benzene rings is 2. The zero-order valence-electron chi connectivity index (χ0n) is 11.1. The molecule has 2 atom stereocenters. The second-order valence-corrected chi connectivity index (χ2v) is 5.25. The summed E-state index contributed by atoms with van der Waals surface area (Å²) >= 11 is 0. The van der Waals surface area contributed by atoms with Crippen LogP contribution in [0.5, 0.6) is 5.75 Å². The molecule has 1 aliphatic rings. The number of likely N-dealkylation sites (N-methyl/N-ethyl adjacent to an activating group) is 1. The van der Waals surface area contributed by atoms with Gasteiger partial charge in [-0.05, 0) is 24.9 Å². The van der Waals surface area contributed by atoms with Crippen LogP contribution in [-0.4, -0.2) is 42.4 Å². The molecule has 100 valence electrons. The number of nitrogens with zero attached hydrogens (tertiary/aromatic N) is 1. The van der Waals surface area contributed by atoms with Gasteiger partial charge in [-0.15, -0.1) is 0 Å². The zero-order chi connectivity index (χ0) is 13.2. The van der Waals surface area contributed by atoms with E-state index in [2.05, 4.69) is 23.1 Å². The second-order valence-electron chi connectivity index (χ2n) is 5.25. The highest BCUT2D eigenvalue weighted by atomic mass is 16.5. The third-order valence-corrected chi connectivity index (χ3v) is 3.75. The Bertz CT molecular complexity index is 564. The molecule has 2 aromatic rings. The van der Waals surface area contributed by atoms with Crippen molar-refractivity contribution in [3.63, 3.8) is 0 Å². The van der Waals surface area contributed by atoms with E-state index >= 15 is 0 Å². The quantitative estimate of drug-likeness (QED) is 0.896. The van der Waals surface area contributed by atoms with E-state index in [9.17, 15) is 5.11 Å². The van der Waals surface area contributed by atoms with Crippen LogP contribution in [0.4, 0.5) is 0 Å². The Morgan fingerprint density at radius 2 is 1.95 bits per heavy atom. The fraction of sp³-hybridized carbons (Fsp3) is 0.375. The first-order valence-electron chi connectivity index (χ1n) is 6.75. The van der Waals surface area contributed by atoms with Gasteiger partial charge in [0.15, 0.2) is 0 Å². The molecule has 2 aromatic carbocycles. The first kappa shape index (κ1) is 12.5. The summed E-state index contributed by atoms with van der Waals surface area (Å²) in [5, 5.41) is 12.4. The van der Waals surface area contributed by atoms with E-state index < -0.39 is 6.10 Å². The Morgan fingerprint density at radius 1 is 1.16 bits per heavy atom. The van der Waals surface area contributed by atoms with E-state index in [0.29, 0.717) is 6.54 Å². The van der Waals surface area contributed by atoms with Gasteiger partial charge in [0.25, 0.3) is 0 Å². The topological polar surface area (TPSA) is 32.7 Å². The number of β-amino-alcohol motifs (C(OH)–C–C–N with tert-alkyl or cyclic N) is 1. The Balaban J connectivity index is 1.85. The number of hydrogen-bond acceptors (Lipinski definition) is 3. The average Bonchev–Trinajstić information content (AvgIpc) is 2.42. The lowest BCUT2D eigenvalue weighted by Gasteiger charge is -2.33. The highest BCUT2D eigenvalue weighted by Crippen LogP contribution is 2.27. The number of aliphatic hydroxyl groups excluding tert-OH is 1. The third-order valence-electron chi connectivity index (χ3n) is 3.75. The molecule has 1 heterocycles. The predicted octanol–water partition coefficient (Wildman–Crippen LogP) is 2.28. The molecular formula is C16H19NO2. The summed E-state index contributed by atoms with van der Waals surface area (Å²) in [5.41, 5.74) is 0.